The van der Waals surface area contributed by atoms with Gasteiger partial charge in [-0.25, -0.2) is 4.98 Å². The number of benzene rings is 1. The largest absolute Gasteiger partial charge is 0.343 e. The van der Waals surface area contributed by atoms with Gasteiger partial charge in [0.1, 0.15) is 24.6 Å². The molecule has 1 aromatic carbocycles. The molecule has 2 fully saturated rings. The van der Waals surface area contributed by atoms with Gasteiger partial charge in [0.25, 0.3) is 0 Å². The van der Waals surface area contributed by atoms with Crippen molar-refractivity contribution in [2.24, 2.45) is 5.92 Å². The summed E-state index contributed by atoms with van der Waals surface area (Å²) >= 11 is 1.41. The number of nitrogens with zero attached hydrogens (tertiary/aromatic N) is 2. The molecule has 2 amide bonds. The maximum atomic E-state index is 13.9. The van der Waals surface area contributed by atoms with Crippen LogP contribution in [0.3, 0.4) is 0 Å². The molecule has 1 aliphatic heterocycles. The highest BCUT2D eigenvalue weighted by atomic mass is 32.1. The molecular weight excluding hydrogens is 459 g/mol. The number of thiazole rings is 1. The van der Waals surface area contributed by atoms with Crippen LogP contribution in [0.5, 0.6) is 0 Å². The summed E-state index contributed by atoms with van der Waals surface area (Å²) in [5.41, 5.74) is 1.40. The van der Waals surface area contributed by atoms with E-state index in [2.05, 4.69) is 15.6 Å². The number of hydrogen-bond donors (Lipinski definition) is 2. The van der Waals surface area contributed by atoms with Crippen molar-refractivity contribution in [2.45, 2.75) is 70.0 Å². The maximum absolute atomic E-state index is 13.9. The molecule has 1 aromatic heterocycles. The number of aromatic nitrogens is 1. The molecule has 2 radical (unpaired) electrons. The Hall–Kier alpha value is -2.52. The molecule has 2 N–H and O–H groups in total. The Morgan fingerprint density at radius 3 is 2.63 bits per heavy atom. The lowest BCUT2D eigenvalue weighted by Gasteiger charge is -2.35. The van der Waals surface area contributed by atoms with E-state index < -0.39 is 6.04 Å². The Morgan fingerprint density at radius 2 is 1.91 bits per heavy atom. The summed E-state index contributed by atoms with van der Waals surface area (Å²) in [5, 5.41) is 8.55. The molecule has 35 heavy (non-hydrogen) atoms. The van der Waals surface area contributed by atoms with E-state index in [4.69, 9.17) is 7.85 Å². The van der Waals surface area contributed by atoms with Gasteiger partial charge in [-0.15, -0.1) is 11.3 Å². The lowest BCUT2D eigenvalue weighted by molar-refractivity contribution is -0.139. The van der Waals surface area contributed by atoms with Crippen LogP contribution in [0, 0.1) is 5.92 Å². The van der Waals surface area contributed by atoms with Crippen molar-refractivity contribution in [2.75, 3.05) is 13.6 Å². The number of rotatable bonds is 8. The molecule has 1 saturated carbocycles. The zero-order valence-electron chi connectivity index (χ0n) is 20.5. The first-order chi connectivity index (χ1) is 16.9. The number of carbonyl (C=O) groups is 3. The van der Waals surface area contributed by atoms with Gasteiger partial charge >= 0.3 is 0 Å². The monoisotopic (exact) mass is 492 g/mol. The van der Waals surface area contributed by atoms with E-state index in [1.54, 1.807) is 43.6 Å². The SMILES string of the molecule is [B]c1cccc(C(=O)c2csc([C@@H]3CCCN3C(=O)[C@@H](NC(=O)[C@H](C)NC)C3CCCCC3)n2)c1. The molecule has 4 rings (SSSR count). The Kier molecular flexibility index (Phi) is 8.39. The van der Waals surface area contributed by atoms with Crippen molar-refractivity contribution >= 4 is 42.2 Å². The second-order valence-electron chi connectivity index (χ2n) is 9.61. The van der Waals surface area contributed by atoms with Gasteiger partial charge in [0.2, 0.25) is 17.6 Å². The van der Waals surface area contributed by atoms with E-state index in [0.29, 0.717) is 23.3 Å². The molecule has 2 heterocycles. The quantitative estimate of drug-likeness (QED) is 0.437. The number of likely N-dealkylation sites (N-methyl/N-ethyl adjacent to an activating group) is 1. The fourth-order valence-electron chi connectivity index (χ4n) is 5.10. The van der Waals surface area contributed by atoms with Crippen LogP contribution in [-0.2, 0) is 9.59 Å². The molecule has 1 saturated heterocycles. The molecule has 2 aromatic rings. The summed E-state index contributed by atoms with van der Waals surface area (Å²) in [6, 6.07) is 5.78. The van der Waals surface area contributed by atoms with Crippen LogP contribution < -0.4 is 16.1 Å². The van der Waals surface area contributed by atoms with Crippen molar-refractivity contribution < 1.29 is 14.4 Å². The van der Waals surface area contributed by atoms with Gasteiger partial charge in [0.05, 0.1) is 12.1 Å². The Morgan fingerprint density at radius 1 is 1.14 bits per heavy atom. The van der Waals surface area contributed by atoms with Crippen LogP contribution in [0.1, 0.15) is 79.0 Å². The van der Waals surface area contributed by atoms with Crippen molar-refractivity contribution in [1.82, 2.24) is 20.5 Å². The van der Waals surface area contributed by atoms with E-state index in [1.165, 1.54) is 17.8 Å². The molecule has 0 bridgehead atoms. The number of nitrogens with one attached hydrogen (secondary N) is 2. The van der Waals surface area contributed by atoms with Crippen LogP contribution in [0.2, 0.25) is 0 Å². The number of likely N-dealkylation sites (tertiary alicyclic amines) is 1. The minimum absolute atomic E-state index is 0.0324. The predicted molar refractivity (Wildman–Crippen MR) is 138 cm³/mol. The minimum atomic E-state index is -0.535. The van der Waals surface area contributed by atoms with Gasteiger partial charge in [-0.1, -0.05) is 49.0 Å². The highest BCUT2D eigenvalue weighted by molar-refractivity contribution is 7.10. The molecular formula is C26H33BN4O3S. The average Bonchev–Trinajstić information content (AvgIpc) is 3.56. The van der Waals surface area contributed by atoms with Crippen molar-refractivity contribution in [3.8, 4) is 0 Å². The van der Waals surface area contributed by atoms with Crippen molar-refractivity contribution in [3.05, 3.63) is 45.9 Å². The molecule has 2 aliphatic rings. The second-order valence-corrected chi connectivity index (χ2v) is 10.5. The second kappa shape index (κ2) is 11.5. The van der Waals surface area contributed by atoms with Gasteiger partial charge in [-0.3, -0.25) is 14.4 Å². The van der Waals surface area contributed by atoms with E-state index in [9.17, 15) is 14.4 Å². The number of ketones is 1. The maximum Gasteiger partial charge on any atom is 0.246 e. The first-order valence-corrected chi connectivity index (χ1v) is 13.4. The summed E-state index contributed by atoms with van der Waals surface area (Å²) in [7, 11) is 7.57. The normalized spacial score (nSPS) is 20.4. The van der Waals surface area contributed by atoms with Crippen LogP contribution in [0.15, 0.2) is 29.6 Å². The van der Waals surface area contributed by atoms with Crippen molar-refractivity contribution in [1.29, 1.82) is 0 Å². The minimum Gasteiger partial charge on any atom is -0.343 e. The van der Waals surface area contributed by atoms with Gasteiger partial charge in [-0.2, -0.15) is 0 Å². The number of amides is 2. The summed E-state index contributed by atoms with van der Waals surface area (Å²) in [5.74, 6) is -0.224. The molecule has 7 nitrogen and oxygen atoms in total. The third kappa shape index (κ3) is 5.84. The van der Waals surface area contributed by atoms with Gasteiger partial charge in [0.15, 0.2) is 0 Å². The van der Waals surface area contributed by atoms with Gasteiger partial charge in [0, 0.05) is 17.5 Å². The molecule has 3 atom stereocenters. The first kappa shape index (κ1) is 25.6. The lowest BCUT2D eigenvalue weighted by Crippen LogP contribution is -2.55. The van der Waals surface area contributed by atoms with Crippen molar-refractivity contribution in [3.63, 3.8) is 0 Å². The Labute approximate surface area is 212 Å². The average molecular weight is 492 g/mol. The zero-order chi connectivity index (χ0) is 24.9. The summed E-state index contributed by atoms with van der Waals surface area (Å²) in [4.78, 5) is 46.0. The van der Waals surface area contributed by atoms with E-state index in [-0.39, 0.29) is 35.6 Å². The molecule has 9 heteroatoms. The van der Waals surface area contributed by atoms with E-state index in [0.717, 1.165) is 43.5 Å². The van der Waals surface area contributed by atoms with Gasteiger partial charge < -0.3 is 15.5 Å². The van der Waals surface area contributed by atoms with Crippen LogP contribution in [0.25, 0.3) is 0 Å². The first-order valence-electron chi connectivity index (χ1n) is 12.5. The third-order valence-corrected chi connectivity index (χ3v) is 8.18. The number of carbonyl (C=O) groups excluding carboxylic acids is 3. The topological polar surface area (TPSA) is 91.4 Å². The fraction of sp³-hybridized carbons (Fsp3) is 0.538. The Balaban J connectivity index is 1.53. The summed E-state index contributed by atoms with van der Waals surface area (Å²) < 4.78 is 0. The number of hydrogen-bond acceptors (Lipinski definition) is 6. The molecule has 184 valence electrons. The zero-order valence-corrected chi connectivity index (χ0v) is 21.3. The van der Waals surface area contributed by atoms with Crippen LogP contribution in [0.4, 0.5) is 0 Å². The molecule has 1 aliphatic carbocycles. The highest BCUT2D eigenvalue weighted by Gasteiger charge is 2.40. The van der Waals surface area contributed by atoms with E-state index >= 15 is 0 Å². The van der Waals surface area contributed by atoms with E-state index in [1.807, 2.05) is 4.90 Å². The lowest BCUT2D eigenvalue weighted by atomic mass is 9.83. The third-order valence-electron chi connectivity index (χ3n) is 7.24. The summed E-state index contributed by atoms with van der Waals surface area (Å²) in [6.07, 6.45) is 6.89. The van der Waals surface area contributed by atoms with Gasteiger partial charge in [-0.05, 0) is 45.6 Å². The predicted octanol–water partition coefficient (Wildman–Crippen LogP) is 2.50. The highest BCUT2D eigenvalue weighted by Crippen LogP contribution is 2.36. The Bertz CT molecular complexity index is 1070. The van der Waals surface area contributed by atoms with Crippen LogP contribution in [-0.4, -0.2) is 61.0 Å². The molecule has 0 unspecified atom stereocenters. The smallest absolute Gasteiger partial charge is 0.246 e. The van der Waals surface area contributed by atoms with Crippen LogP contribution >= 0.6 is 11.3 Å². The standard InChI is InChI=1S/C26H33BN4O3S/c1-16(28-2)24(33)30-22(17-8-4-3-5-9-17)26(34)31-13-7-12-21(31)25-29-20(15-35-25)23(32)18-10-6-11-19(27)14-18/h6,10-11,14-17,21-22,28H,3-5,7-9,12-13H2,1-2H3,(H,30,33)/t16-,21-,22-/m0/s1. The summed E-state index contributed by atoms with van der Waals surface area (Å²) in [6.45, 7) is 2.42. The molecule has 0 spiro atoms. The fourth-order valence-corrected chi connectivity index (χ4v) is 6.04.